The van der Waals surface area contributed by atoms with Crippen LogP contribution in [0.3, 0.4) is 0 Å². The van der Waals surface area contributed by atoms with Gasteiger partial charge >= 0.3 is 0 Å². The Balaban J connectivity index is 1.35. The summed E-state index contributed by atoms with van der Waals surface area (Å²) in [6.45, 7) is 1.81. The standard InChI is InChI=1S/C21H22FN5O2/c22-19-9-2-1-6-16(19)12-27-14-20(24-25-27)21(28)26-11-5-8-18(13-26)29-15-17-7-3-4-10-23-17/h1-4,6-7,9-10,14,18H,5,8,11-13,15H2/t18-/m1/s1. The number of aromatic nitrogens is 4. The van der Waals surface area contributed by atoms with Gasteiger partial charge in [0, 0.05) is 24.8 Å². The van der Waals surface area contributed by atoms with Crippen molar-refractivity contribution in [1.29, 1.82) is 0 Å². The normalized spacial score (nSPS) is 16.7. The third-order valence-electron chi connectivity index (χ3n) is 4.91. The number of hydrogen-bond acceptors (Lipinski definition) is 5. The zero-order valence-corrected chi connectivity index (χ0v) is 15.9. The summed E-state index contributed by atoms with van der Waals surface area (Å²) >= 11 is 0. The van der Waals surface area contributed by atoms with Gasteiger partial charge in [0.25, 0.3) is 5.91 Å². The molecule has 2 aromatic heterocycles. The highest BCUT2D eigenvalue weighted by molar-refractivity contribution is 5.92. The van der Waals surface area contributed by atoms with E-state index in [1.165, 1.54) is 10.7 Å². The number of nitrogens with zero attached hydrogens (tertiary/aromatic N) is 5. The molecule has 0 radical (unpaired) electrons. The molecule has 1 saturated heterocycles. The second kappa shape index (κ2) is 8.91. The SMILES string of the molecule is O=C(c1cn(Cc2ccccc2F)nn1)N1CCC[C@@H](OCc2ccccn2)C1. The van der Waals surface area contributed by atoms with Crippen LogP contribution in [0, 0.1) is 5.82 Å². The molecule has 0 saturated carbocycles. The first-order chi connectivity index (χ1) is 14.2. The molecular weight excluding hydrogens is 373 g/mol. The van der Waals surface area contributed by atoms with Crippen molar-refractivity contribution < 1.29 is 13.9 Å². The van der Waals surface area contributed by atoms with Crippen molar-refractivity contribution in [3.05, 3.63) is 77.6 Å². The van der Waals surface area contributed by atoms with Gasteiger partial charge in [0.1, 0.15) is 5.82 Å². The number of amides is 1. The minimum Gasteiger partial charge on any atom is -0.370 e. The van der Waals surface area contributed by atoms with Crippen LogP contribution < -0.4 is 0 Å². The number of piperidine rings is 1. The van der Waals surface area contributed by atoms with Crippen molar-refractivity contribution in [2.24, 2.45) is 0 Å². The lowest BCUT2D eigenvalue weighted by molar-refractivity contribution is -0.00801. The zero-order valence-electron chi connectivity index (χ0n) is 15.9. The van der Waals surface area contributed by atoms with Crippen LogP contribution in [0.15, 0.2) is 54.9 Å². The molecule has 1 aliphatic heterocycles. The van der Waals surface area contributed by atoms with Crippen LogP contribution in [-0.2, 0) is 17.9 Å². The number of halogens is 1. The quantitative estimate of drug-likeness (QED) is 0.642. The van der Waals surface area contributed by atoms with Crippen molar-refractivity contribution in [2.45, 2.75) is 32.1 Å². The van der Waals surface area contributed by atoms with Gasteiger partial charge < -0.3 is 9.64 Å². The van der Waals surface area contributed by atoms with Crippen molar-refractivity contribution in [2.75, 3.05) is 13.1 Å². The van der Waals surface area contributed by atoms with Gasteiger partial charge in [-0.1, -0.05) is 29.5 Å². The highest BCUT2D eigenvalue weighted by atomic mass is 19.1. The van der Waals surface area contributed by atoms with Gasteiger partial charge in [-0.05, 0) is 31.0 Å². The second-order valence-corrected chi connectivity index (χ2v) is 7.04. The molecule has 150 valence electrons. The first-order valence-electron chi connectivity index (χ1n) is 9.63. The molecule has 0 aliphatic carbocycles. The lowest BCUT2D eigenvalue weighted by atomic mass is 10.1. The minimum absolute atomic E-state index is 0.0387. The third kappa shape index (κ3) is 4.83. The first kappa shape index (κ1) is 19.2. The van der Waals surface area contributed by atoms with Crippen LogP contribution in [0.5, 0.6) is 0 Å². The van der Waals surface area contributed by atoms with Gasteiger partial charge in [0.05, 0.1) is 31.1 Å². The molecule has 7 nitrogen and oxygen atoms in total. The van der Waals surface area contributed by atoms with Crippen molar-refractivity contribution in [1.82, 2.24) is 24.9 Å². The van der Waals surface area contributed by atoms with Crippen LogP contribution in [0.25, 0.3) is 0 Å². The number of carbonyl (C=O) groups is 1. The zero-order chi connectivity index (χ0) is 20.1. The molecule has 0 unspecified atom stereocenters. The number of benzene rings is 1. The number of hydrogen-bond donors (Lipinski definition) is 0. The Labute approximate surface area is 168 Å². The van der Waals surface area contributed by atoms with Crippen LogP contribution in [0.2, 0.25) is 0 Å². The topological polar surface area (TPSA) is 73.1 Å². The van der Waals surface area contributed by atoms with E-state index in [0.717, 1.165) is 18.5 Å². The third-order valence-corrected chi connectivity index (χ3v) is 4.91. The number of pyridine rings is 1. The Kier molecular flexibility index (Phi) is 5.90. The monoisotopic (exact) mass is 395 g/mol. The van der Waals surface area contributed by atoms with Gasteiger partial charge in [-0.15, -0.1) is 5.10 Å². The molecule has 0 N–H and O–H groups in total. The molecule has 4 rings (SSSR count). The van der Waals surface area contributed by atoms with E-state index in [0.29, 0.717) is 25.3 Å². The fourth-order valence-corrected chi connectivity index (χ4v) is 3.38. The van der Waals surface area contributed by atoms with E-state index in [9.17, 15) is 9.18 Å². The van der Waals surface area contributed by atoms with E-state index in [2.05, 4.69) is 15.3 Å². The van der Waals surface area contributed by atoms with Gasteiger partial charge in [-0.3, -0.25) is 9.78 Å². The number of carbonyl (C=O) groups excluding carboxylic acids is 1. The van der Waals surface area contributed by atoms with Crippen molar-refractivity contribution in [3.63, 3.8) is 0 Å². The molecular formula is C21H22FN5O2. The fourth-order valence-electron chi connectivity index (χ4n) is 3.38. The van der Waals surface area contributed by atoms with E-state index in [-0.39, 0.29) is 30.1 Å². The number of rotatable bonds is 6. The van der Waals surface area contributed by atoms with Gasteiger partial charge in [-0.25, -0.2) is 9.07 Å². The molecule has 1 fully saturated rings. The Morgan fingerprint density at radius 3 is 2.90 bits per heavy atom. The summed E-state index contributed by atoms with van der Waals surface area (Å²) in [4.78, 5) is 18.8. The Bertz CT molecular complexity index is 962. The molecule has 3 aromatic rings. The fraction of sp³-hybridized carbons (Fsp3) is 0.333. The summed E-state index contributed by atoms with van der Waals surface area (Å²) in [6.07, 6.45) is 5.02. The summed E-state index contributed by atoms with van der Waals surface area (Å²) in [5.41, 5.74) is 1.62. The highest BCUT2D eigenvalue weighted by Gasteiger charge is 2.26. The van der Waals surface area contributed by atoms with E-state index >= 15 is 0 Å². The highest BCUT2D eigenvalue weighted by Crippen LogP contribution is 2.17. The van der Waals surface area contributed by atoms with E-state index in [1.54, 1.807) is 35.5 Å². The molecule has 0 spiro atoms. The first-order valence-corrected chi connectivity index (χ1v) is 9.63. The van der Waals surface area contributed by atoms with Crippen LogP contribution in [-0.4, -0.2) is 50.0 Å². The second-order valence-electron chi connectivity index (χ2n) is 7.04. The predicted octanol–water partition coefficient (Wildman–Crippen LogP) is 2.68. The minimum atomic E-state index is -0.306. The molecule has 29 heavy (non-hydrogen) atoms. The van der Waals surface area contributed by atoms with Crippen LogP contribution >= 0.6 is 0 Å². The Hall–Kier alpha value is -3.13. The maximum Gasteiger partial charge on any atom is 0.276 e. The molecule has 8 heteroatoms. The van der Waals surface area contributed by atoms with Gasteiger partial charge in [-0.2, -0.15) is 0 Å². The summed E-state index contributed by atoms with van der Waals surface area (Å²) in [5.74, 6) is -0.490. The molecule has 1 aliphatic rings. The maximum atomic E-state index is 13.8. The predicted molar refractivity (Wildman–Crippen MR) is 103 cm³/mol. The van der Waals surface area contributed by atoms with E-state index < -0.39 is 0 Å². The lowest BCUT2D eigenvalue weighted by Crippen LogP contribution is -2.43. The summed E-state index contributed by atoms with van der Waals surface area (Å²) < 4.78 is 21.2. The Morgan fingerprint density at radius 1 is 1.21 bits per heavy atom. The molecule has 1 aromatic carbocycles. The molecule has 3 heterocycles. The maximum absolute atomic E-state index is 13.8. The lowest BCUT2D eigenvalue weighted by Gasteiger charge is -2.32. The largest absolute Gasteiger partial charge is 0.370 e. The van der Waals surface area contributed by atoms with Gasteiger partial charge in [0.2, 0.25) is 0 Å². The van der Waals surface area contributed by atoms with Crippen molar-refractivity contribution in [3.8, 4) is 0 Å². The molecule has 0 bridgehead atoms. The summed E-state index contributed by atoms with van der Waals surface area (Å²) in [5, 5.41) is 7.96. The average Bonchev–Trinajstić information content (AvgIpc) is 3.23. The van der Waals surface area contributed by atoms with E-state index in [4.69, 9.17) is 4.74 Å². The van der Waals surface area contributed by atoms with Crippen molar-refractivity contribution >= 4 is 5.91 Å². The summed E-state index contributed by atoms with van der Waals surface area (Å²) in [7, 11) is 0. The average molecular weight is 395 g/mol. The van der Waals surface area contributed by atoms with Crippen LogP contribution in [0.4, 0.5) is 4.39 Å². The smallest absolute Gasteiger partial charge is 0.276 e. The Morgan fingerprint density at radius 2 is 2.07 bits per heavy atom. The van der Waals surface area contributed by atoms with Crippen LogP contribution in [0.1, 0.15) is 34.6 Å². The molecule has 1 amide bonds. The molecule has 1 atom stereocenters. The number of ether oxygens (including phenoxy) is 1. The van der Waals surface area contributed by atoms with E-state index in [1.807, 2.05) is 18.2 Å². The summed E-state index contributed by atoms with van der Waals surface area (Å²) in [6, 6.07) is 12.2. The van der Waals surface area contributed by atoms with Gasteiger partial charge in [0.15, 0.2) is 5.69 Å². The number of likely N-dealkylation sites (tertiary alicyclic amines) is 1.